The maximum absolute atomic E-state index is 9.25. The number of likely N-dealkylation sites (N-methyl/N-ethyl adjacent to an activating group) is 1. The van der Waals surface area contributed by atoms with Gasteiger partial charge in [-0.25, -0.2) is 4.68 Å². The Morgan fingerprint density at radius 2 is 2.14 bits per heavy atom. The minimum Gasteiger partial charge on any atom is -0.497 e. The second-order valence-electron chi connectivity index (χ2n) is 4.99. The van der Waals surface area contributed by atoms with Crippen LogP contribution >= 0.6 is 0 Å². The van der Waals surface area contributed by atoms with E-state index in [0.717, 1.165) is 17.0 Å². The molecule has 112 valence electrons. The zero-order valence-corrected chi connectivity index (χ0v) is 12.0. The lowest BCUT2D eigenvalue weighted by Crippen LogP contribution is -2.26. The molecule has 0 amide bonds. The number of aliphatic hydroxyl groups excluding tert-OH is 1. The molecule has 0 unspecified atom stereocenters. The van der Waals surface area contributed by atoms with E-state index in [1.165, 1.54) is 0 Å². The van der Waals surface area contributed by atoms with Gasteiger partial charge in [0.05, 0.1) is 26.0 Å². The van der Waals surface area contributed by atoms with Gasteiger partial charge in [0.15, 0.2) is 6.23 Å². The number of rotatable bonds is 4. The van der Waals surface area contributed by atoms with E-state index in [4.69, 9.17) is 9.57 Å². The molecule has 7 heteroatoms. The van der Waals surface area contributed by atoms with Crippen molar-refractivity contribution in [1.82, 2.24) is 20.1 Å². The highest BCUT2D eigenvalue weighted by molar-refractivity contribution is 5.58. The molecule has 1 aliphatic heterocycles. The van der Waals surface area contributed by atoms with Gasteiger partial charge in [-0.1, -0.05) is 5.21 Å². The Bertz CT molecular complexity index is 599. The fourth-order valence-corrected chi connectivity index (χ4v) is 2.36. The van der Waals surface area contributed by atoms with Gasteiger partial charge in [0.2, 0.25) is 0 Å². The second kappa shape index (κ2) is 5.80. The number of hydrogen-bond acceptors (Lipinski definition) is 6. The first kappa shape index (κ1) is 14.0. The van der Waals surface area contributed by atoms with Gasteiger partial charge in [0, 0.05) is 19.0 Å². The Morgan fingerprint density at radius 1 is 1.38 bits per heavy atom. The fraction of sp³-hybridized carbons (Fsp3) is 0.429. The van der Waals surface area contributed by atoms with Crippen molar-refractivity contribution in [2.45, 2.75) is 18.7 Å². The summed E-state index contributed by atoms with van der Waals surface area (Å²) in [6, 6.07) is 7.63. The van der Waals surface area contributed by atoms with Crippen LogP contribution in [0, 0.1) is 0 Å². The zero-order chi connectivity index (χ0) is 14.8. The van der Waals surface area contributed by atoms with Crippen LogP contribution in [0.2, 0.25) is 0 Å². The molecule has 0 aliphatic carbocycles. The van der Waals surface area contributed by atoms with Crippen molar-refractivity contribution in [3.63, 3.8) is 0 Å². The lowest BCUT2D eigenvalue weighted by atomic mass is 10.1. The summed E-state index contributed by atoms with van der Waals surface area (Å²) in [7, 11) is 3.44. The molecule has 1 N–H and O–H groups in total. The zero-order valence-electron chi connectivity index (χ0n) is 12.0. The summed E-state index contributed by atoms with van der Waals surface area (Å²) in [4.78, 5) is 5.65. The summed E-state index contributed by atoms with van der Waals surface area (Å²) in [5, 5.41) is 19.2. The largest absolute Gasteiger partial charge is 0.497 e. The van der Waals surface area contributed by atoms with Gasteiger partial charge in [-0.2, -0.15) is 5.06 Å². The summed E-state index contributed by atoms with van der Waals surface area (Å²) in [6.07, 6.45) is 2.30. The molecule has 2 aromatic rings. The van der Waals surface area contributed by atoms with Crippen molar-refractivity contribution in [2.75, 3.05) is 20.8 Å². The standard InChI is InChI=1S/C14H18N4O3/c1-17-11(9-19)7-14(21-17)18-8-13(15-16-18)10-3-5-12(20-2)6-4-10/h3-6,8,11,14,19H,7,9H2,1-2H3/t11-,14-/m1/s1. The number of nitrogens with zero attached hydrogens (tertiary/aromatic N) is 4. The quantitative estimate of drug-likeness (QED) is 0.908. The number of hydroxylamine groups is 2. The Morgan fingerprint density at radius 3 is 2.76 bits per heavy atom. The molecule has 0 saturated carbocycles. The van der Waals surface area contributed by atoms with Crippen LogP contribution in [0.15, 0.2) is 30.5 Å². The molecule has 2 heterocycles. The first-order valence-electron chi connectivity index (χ1n) is 6.78. The van der Waals surface area contributed by atoms with Crippen LogP contribution in [0.3, 0.4) is 0 Å². The van der Waals surface area contributed by atoms with Gasteiger partial charge in [-0.15, -0.1) is 5.10 Å². The Kier molecular flexibility index (Phi) is 3.87. The smallest absolute Gasteiger partial charge is 0.174 e. The lowest BCUT2D eigenvalue weighted by molar-refractivity contribution is -0.172. The van der Waals surface area contributed by atoms with Crippen LogP contribution in [0.5, 0.6) is 5.75 Å². The Balaban J connectivity index is 1.77. The van der Waals surface area contributed by atoms with Gasteiger partial charge >= 0.3 is 0 Å². The van der Waals surface area contributed by atoms with Crippen LogP contribution in [0.4, 0.5) is 0 Å². The predicted octanol–water partition coefficient (Wildman–Crippen LogP) is 1.08. The number of hydrogen-bond donors (Lipinski definition) is 1. The molecule has 1 aromatic heterocycles. The molecule has 1 aromatic carbocycles. The molecule has 0 bridgehead atoms. The maximum atomic E-state index is 9.25. The lowest BCUT2D eigenvalue weighted by Gasteiger charge is -2.13. The molecule has 21 heavy (non-hydrogen) atoms. The molecule has 2 atom stereocenters. The number of aromatic nitrogens is 3. The first-order chi connectivity index (χ1) is 10.2. The van der Waals surface area contributed by atoms with E-state index in [-0.39, 0.29) is 18.9 Å². The monoisotopic (exact) mass is 290 g/mol. The second-order valence-corrected chi connectivity index (χ2v) is 4.99. The number of ether oxygens (including phenoxy) is 1. The molecule has 3 rings (SSSR count). The van der Waals surface area contributed by atoms with Crippen molar-refractivity contribution in [3.8, 4) is 17.0 Å². The van der Waals surface area contributed by atoms with Crippen molar-refractivity contribution in [2.24, 2.45) is 0 Å². The highest BCUT2D eigenvalue weighted by Crippen LogP contribution is 2.28. The topological polar surface area (TPSA) is 72.6 Å². The van der Waals surface area contributed by atoms with Gasteiger partial charge in [-0.05, 0) is 24.3 Å². The maximum Gasteiger partial charge on any atom is 0.174 e. The van der Waals surface area contributed by atoms with E-state index in [9.17, 15) is 5.11 Å². The average molecular weight is 290 g/mol. The molecular weight excluding hydrogens is 272 g/mol. The van der Waals surface area contributed by atoms with E-state index in [1.54, 1.807) is 16.9 Å². The number of benzene rings is 1. The molecule has 7 nitrogen and oxygen atoms in total. The van der Waals surface area contributed by atoms with Crippen molar-refractivity contribution in [3.05, 3.63) is 30.5 Å². The van der Waals surface area contributed by atoms with E-state index >= 15 is 0 Å². The van der Waals surface area contributed by atoms with Crippen LogP contribution in [-0.4, -0.2) is 52.0 Å². The minimum atomic E-state index is -0.230. The molecule has 0 spiro atoms. The van der Waals surface area contributed by atoms with E-state index in [0.29, 0.717) is 6.42 Å². The summed E-state index contributed by atoms with van der Waals surface area (Å²) >= 11 is 0. The summed E-state index contributed by atoms with van der Waals surface area (Å²) in [6.45, 7) is 0.0625. The van der Waals surface area contributed by atoms with Crippen LogP contribution in [0.1, 0.15) is 12.6 Å². The molecule has 1 saturated heterocycles. The fourth-order valence-electron chi connectivity index (χ4n) is 2.36. The van der Waals surface area contributed by atoms with E-state index < -0.39 is 0 Å². The Labute approximate surface area is 122 Å². The third kappa shape index (κ3) is 2.76. The van der Waals surface area contributed by atoms with Crippen molar-refractivity contribution < 1.29 is 14.7 Å². The SMILES string of the molecule is COc1ccc(-c2cn([C@H]3C[C@H](CO)N(C)O3)nn2)cc1. The summed E-state index contributed by atoms with van der Waals surface area (Å²) in [5.41, 5.74) is 1.74. The molecule has 0 radical (unpaired) electrons. The van der Waals surface area contributed by atoms with Crippen LogP contribution in [-0.2, 0) is 4.84 Å². The average Bonchev–Trinajstić information content (AvgIpc) is 3.13. The van der Waals surface area contributed by atoms with Gasteiger partial charge in [0.25, 0.3) is 0 Å². The van der Waals surface area contributed by atoms with Crippen molar-refractivity contribution in [1.29, 1.82) is 0 Å². The summed E-state index contributed by atoms with van der Waals surface area (Å²) in [5.74, 6) is 0.803. The van der Waals surface area contributed by atoms with E-state index in [2.05, 4.69) is 10.3 Å². The normalized spacial score (nSPS) is 22.6. The van der Waals surface area contributed by atoms with Gasteiger partial charge in [0.1, 0.15) is 11.4 Å². The van der Waals surface area contributed by atoms with Gasteiger partial charge in [-0.3, -0.25) is 4.84 Å². The molecule has 1 fully saturated rings. The molecular formula is C14H18N4O3. The van der Waals surface area contributed by atoms with Crippen LogP contribution < -0.4 is 4.74 Å². The summed E-state index contributed by atoms with van der Waals surface area (Å²) < 4.78 is 6.82. The first-order valence-corrected chi connectivity index (χ1v) is 6.78. The Hall–Kier alpha value is -1.96. The van der Waals surface area contributed by atoms with Gasteiger partial charge < -0.3 is 9.84 Å². The minimum absolute atomic E-state index is 0.0105. The highest BCUT2D eigenvalue weighted by Gasteiger charge is 2.32. The number of aliphatic hydroxyl groups is 1. The predicted molar refractivity (Wildman–Crippen MR) is 75.4 cm³/mol. The molecule has 1 aliphatic rings. The third-order valence-electron chi connectivity index (χ3n) is 3.68. The van der Waals surface area contributed by atoms with Crippen LogP contribution in [0.25, 0.3) is 11.3 Å². The number of methoxy groups -OCH3 is 1. The van der Waals surface area contributed by atoms with Crippen molar-refractivity contribution >= 4 is 0 Å². The third-order valence-corrected chi connectivity index (χ3v) is 3.68. The van der Waals surface area contributed by atoms with E-state index in [1.807, 2.05) is 37.5 Å². The highest BCUT2D eigenvalue weighted by atomic mass is 16.7.